The summed E-state index contributed by atoms with van der Waals surface area (Å²) in [7, 11) is 0. The van der Waals surface area contributed by atoms with E-state index in [9.17, 15) is 13.2 Å². The van der Waals surface area contributed by atoms with E-state index >= 15 is 0 Å². The van der Waals surface area contributed by atoms with Crippen molar-refractivity contribution in [1.29, 1.82) is 0 Å². The molecule has 0 fully saturated rings. The summed E-state index contributed by atoms with van der Waals surface area (Å²) in [5.41, 5.74) is 1.85. The van der Waals surface area contributed by atoms with Gasteiger partial charge in [0.15, 0.2) is 0 Å². The van der Waals surface area contributed by atoms with Crippen LogP contribution in [-0.4, -0.2) is 4.98 Å². The highest BCUT2D eigenvalue weighted by molar-refractivity contribution is 6.31. The van der Waals surface area contributed by atoms with Crippen molar-refractivity contribution in [3.63, 3.8) is 0 Å². The van der Waals surface area contributed by atoms with Crippen LogP contribution >= 0.6 is 11.6 Å². The quantitative estimate of drug-likeness (QED) is 0.733. The minimum absolute atomic E-state index is 0.0468. The number of alkyl halides is 3. The van der Waals surface area contributed by atoms with Crippen molar-refractivity contribution in [2.75, 3.05) is 0 Å². The molecule has 0 radical (unpaired) electrons. The van der Waals surface area contributed by atoms with Crippen molar-refractivity contribution in [2.24, 2.45) is 0 Å². The van der Waals surface area contributed by atoms with Crippen LogP contribution in [0.25, 0.3) is 0 Å². The van der Waals surface area contributed by atoms with Crippen LogP contribution in [-0.2, 0) is 6.18 Å². The Bertz CT molecular complexity index is 683. The molecule has 2 nitrogen and oxygen atoms in total. The first kappa shape index (κ1) is 15.6. The maximum Gasteiger partial charge on any atom is 0.417 e. The van der Waals surface area contributed by atoms with E-state index in [1.807, 2.05) is 20.8 Å². The Morgan fingerprint density at radius 2 is 1.76 bits per heavy atom. The van der Waals surface area contributed by atoms with Crippen molar-refractivity contribution in [2.45, 2.75) is 26.9 Å². The van der Waals surface area contributed by atoms with Crippen LogP contribution in [0.3, 0.4) is 0 Å². The normalized spacial score (nSPS) is 11.6. The van der Waals surface area contributed by atoms with Gasteiger partial charge in [0.05, 0.1) is 10.6 Å². The average molecular weight is 316 g/mol. The molecule has 0 aliphatic carbocycles. The molecule has 112 valence electrons. The molecule has 0 N–H and O–H groups in total. The molecule has 0 atom stereocenters. The van der Waals surface area contributed by atoms with Gasteiger partial charge in [-0.15, -0.1) is 0 Å². The molecule has 6 heteroatoms. The van der Waals surface area contributed by atoms with Gasteiger partial charge in [0.2, 0.25) is 5.88 Å². The first-order valence-corrected chi connectivity index (χ1v) is 6.55. The third-order valence-electron chi connectivity index (χ3n) is 3.31. The number of hydrogen-bond acceptors (Lipinski definition) is 2. The Morgan fingerprint density at radius 3 is 2.38 bits per heavy atom. The van der Waals surface area contributed by atoms with Crippen molar-refractivity contribution >= 4 is 11.6 Å². The zero-order chi connectivity index (χ0) is 15.8. The van der Waals surface area contributed by atoms with E-state index in [1.54, 1.807) is 6.20 Å². The zero-order valence-electron chi connectivity index (χ0n) is 11.7. The summed E-state index contributed by atoms with van der Waals surface area (Å²) in [4.78, 5) is 4.11. The van der Waals surface area contributed by atoms with Gasteiger partial charge in [0, 0.05) is 11.8 Å². The first-order chi connectivity index (χ1) is 9.70. The molecule has 1 aromatic carbocycles. The van der Waals surface area contributed by atoms with Gasteiger partial charge < -0.3 is 4.74 Å². The molecular formula is C15H13ClF3NO. The smallest absolute Gasteiger partial charge is 0.417 e. The third-order valence-corrected chi connectivity index (χ3v) is 3.64. The summed E-state index contributed by atoms with van der Waals surface area (Å²) in [5, 5.41) is -0.361. The number of pyridine rings is 1. The Kier molecular flexibility index (Phi) is 4.14. The molecule has 0 bridgehead atoms. The van der Waals surface area contributed by atoms with Crippen LogP contribution in [0, 0.1) is 20.8 Å². The second-order valence-electron chi connectivity index (χ2n) is 4.74. The number of halogens is 4. The van der Waals surface area contributed by atoms with Gasteiger partial charge in [-0.2, -0.15) is 13.2 Å². The Hall–Kier alpha value is -1.75. The average Bonchev–Trinajstić information content (AvgIpc) is 2.40. The fourth-order valence-corrected chi connectivity index (χ4v) is 2.03. The number of rotatable bonds is 2. The van der Waals surface area contributed by atoms with Gasteiger partial charge in [-0.3, -0.25) is 0 Å². The summed E-state index contributed by atoms with van der Waals surface area (Å²) in [6.45, 7) is 5.62. The number of hydrogen-bond donors (Lipinski definition) is 0. The van der Waals surface area contributed by atoms with Gasteiger partial charge in [-0.25, -0.2) is 4.98 Å². The molecule has 2 aromatic rings. The highest BCUT2D eigenvalue weighted by Gasteiger charge is 2.33. The molecule has 0 aliphatic heterocycles. The monoisotopic (exact) mass is 315 g/mol. The summed E-state index contributed by atoms with van der Waals surface area (Å²) in [6.07, 6.45) is -2.90. The van der Waals surface area contributed by atoms with Crippen LogP contribution in [0.2, 0.25) is 5.02 Å². The van der Waals surface area contributed by atoms with Crippen LogP contribution in [0.15, 0.2) is 24.4 Å². The van der Waals surface area contributed by atoms with E-state index in [0.717, 1.165) is 28.8 Å². The second-order valence-corrected chi connectivity index (χ2v) is 5.15. The van der Waals surface area contributed by atoms with E-state index < -0.39 is 11.7 Å². The van der Waals surface area contributed by atoms with E-state index in [4.69, 9.17) is 16.3 Å². The molecule has 1 aromatic heterocycles. The number of nitrogens with zero attached hydrogens (tertiary/aromatic N) is 1. The third kappa shape index (κ3) is 3.29. The first-order valence-electron chi connectivity index (χ1n) is 6.17. The van der Waals surface area contributed by atoms with Gasteiger partial charge in [-0.1, -0.05) is 11.6 Å². The molecular weight excluding hydrogens is 303 g/mol. The summed E-state index contributed by atoms with van der Waals surface area (Å²) >= 11 is 5.57. The van der Waals surface area contributed by atoms with Crippen molar-refractivity contribution in [1.82, 2.24) is 4.98 Å². The van der Waals surface area contributed by atoms with Crippen molar-refractivity contribution in [3.8, 4) is 11.6 Å². The Morgan fingerprint density at radius 1 is 1.10 bits per heavy atom. The lowest BCUT2D eigenvalue weighted by molar-refractivity contribution is -0.137. The highest BCUT2D eigenvalue weighted by Crippen LogP contribution is 2.38. The number of aromatic nitrogens is 1. The molecule has 0 saturated heterocycles. The molecule has 0 aliphatic rings. The van der Waals surface area contributed by atoms with Crippen LogP contribution in [0.1, 0.15) is 22.3 Å². The molecule has 0 saturated carbocycles. The van der Waals surface area contributed by atoms with Gasteiger partial charge >= 0.3 is 6.18 Å². The maximum absolute atomic E-state index is 12.8. The van der Waals surface area contributed by atoms with Crippen molar-refractivity contribution < 1.29 is 17.9 Å². The molecule has 1 heterocycles. The minimum Gasteiger partial charge on any atom is -0.439 e. The predicted octanol–water partition coefficient (Wildman–Crippen LogP) is 5.47. The Balaban J connectivity index is 2.39. The lowest BCUT2D eigenvalue weighted by Gasteiger charge is -2.13. The topological polar surface area (TPSA) is 22.1 Å². The maximum atomic E-state index is 12.8. The summed E-state index contributed by atoms with van der Waals surface area (Å²) < 4.78 is 43.9. The van der Waals surface area contributed by atoms with Crippen LogP contribution in [0.4, 0.5) is 13.2 Å². The van der Waals surface area contributed by atoms with Crippen molar-refractivity contribution in [3.05, 3.63) is 51.7 Å². The van der Waals surface area contributed by atoms with Gasteiger partial charge in [-0.05, 0) is 50.1 Å². The molecule has 0 spiro atoms. The summed E-state index contributed by atoms with van der Waals surface area (Å²) in [6, 6.07) is 3.42. The lowest BCUT2D eigenvalue weighted by atomic mass is 10.1. The highest BCUT2D eigenvalue weighted by atomic mass is 35.5. The molecule has 21 heavy (non-hydrogen) atoms. The lowest BCUT2D eigenvalue weighted by Crippen LogP contribution is -2.06. The van der Waals surface area contributed by atoms with E-state index in [0.29, 0.717) is 0 Å². The molecule has 0 unspecified atom stereocenters. The summed E-state index contributed by atoms with van der Waals surface area (Å²) in [5.74, 6) is 0.333. The zero-order valence-corrected chi connectivity index (χ0v) is 12.4. The van der Waals surface area contributed by atoms with Crippen LogP contribution in [0.5, 0.6) is 11.6 Å². The largest absolute Gasteiger partial charge is 0.439 e. The van der Waals surface area contributed by atoms with Gasteiger partial charge in [0.25, 0.3) is 0 Å². The number of benzene rings is 1. The number of ether oxygens (including phenoxy) is 1. The fraction of sp³-hybridized carbons (Fsp3) is 0.267. The molecule has 2 rings (SSSR count). The van der Waals surface area contributed by atoms with E-state index in [-0.39, 0.29) is 16.7 Å². The second kappa shape index (κ2) is 5.56. The van der Waals surface area contributed by atoms with Crippen LogP contribution < -0.4 is 4.74 Å². The Labute approximate surface area is 125 Å². The number of aryl methyl sites for hydroxylation is 1. The SMILES string of the molecule is Cc1cnc(Oc2ccc(Cl)c(C(F)(F)F)c2)c(C)c1C. The standard InChI is InChI=1S/C15H13ClF3NO/c1-8-7-20-14(10(3)9(8)2)21-11-4-5-13(16)12(6-11)15(17,18)19/h4-7H,1-3H3. The van der Waals surface area contributed by atoms with Gasteiger partial charge in [0.1, 0.15) is 5.75 Å². The fourth-order valence-electron chi connectivity index (χ4n) is 1.80. The van der Waals surface area contributed by atoms with E-state index in [2.05, 4.69) is 4.98 Å². The molecule has 0 amide bonds. The minimum atomic E-state index is -4.53. The predicted molar refractivity (Wildman–Crippen MR) is 75.0 cm³/mol. The van der Waals surface area contributed by atoms with E-state index in [1.165, 1.54) is 6.07 Å².